The minimum absolute atomic E-state index is 0.301. The highest BCUT2D eigenvalue weighted by Crippen LogP contribution is 2.22. The van der Waals surface area contributed by atoms with Gasteiger partial charge >= 0.3 is 5.97 Å². The van der Waals surface area contributed by atoms with E-state index in [0.717, 1.165) is 5.56 Å². The van der Waals surface area contributed by atoms with Crippen LogP contribution in [0, 0.1) is 0 Å². The van der Waals surface area contributed by atoms with Crippen LogP contribution in [-0.4, -0.2) is 34.7 Å². The van der Waals surface area contributed by atoms with E-state index in [2.05, 4.69) is 5.32 Å². The number of carboxylic acids is 1. The molecular weight excluding hydrogens is 234 g/mol. The van der Waals surface area contributed by atoms with E-state index in [9.17, 15) is 9.59 Å². The Labute approximate surface area is 105 Å². The normalized spacial score (nSPS) is 12.8. The molecule has 0 aliphatic rings. The number of aliphatic hydroxyl groups excluding tert-OH is 1. The van der Waals surface area contributed by atoms with Crippen LogP contribution in [0.2, 0.25) is 0 Å². The summed E-state index contributed by atoms with van der Waals surface area (Å²) in [4.78, 5) is 22.4. The second kappa shape index (κ2) is 5.64. The fourth-order valence-corrected chi connectivity index (χ4v) is 1.48. The number of hydrogen-bond donors (Lipinski definition) is 3. The van der Waals surface area contributed by atoms with Crippen molar-refractivity contribution in [2.45, 2.75) is 25.4 Å². The smallest absolute Gasteiger partial charge is 0.334 e. The summed E-state index contributed by atoms with van der Waals surface area (Å²) in [5.41, 5.74) is 0.0479. The SMILES string of the molecule is CC(C)(C(=O)NC[C@H](O)C(=O)O)c1ccccc1. The van der Waals surface area contributed by atoms with E-state index in [1.54, 1.807) is 13.8 Å². The summed E-state index contributed by atoms with van der Waals surface area (Å²) in [6, 6.07) is 9.17. The van der Waals surface area contributed by atoms with Gasteiger partial charge < -0.3 is 15.5 Å². The molecule has 0 saturated heterocycles. The van der Waals surface area contributed by atoms with Gasteiger partial charge in [-0.15, -0.1) is 0 Å². The number of benzene rings is 1. The zero-order valence-electron chi connectivity index (χ0n) is 10.4. The molecule has 98 valence electrons. The first-order chi connectivity index (χ1) is 8.35. The quantitative estimate of drug-likeness (QED) is 0.712. The van der Waals surface area contributed by atoms with Crippen molar-refractivity contribution in [1.82, 2.24) is 5.32 Å². The molecule has 1 rings (SSSR count). The van der Waals surface area contributed by atoms with E-state index >= 15 is 0 Å². The number of aliphatic carboxylic acids is 1. The highest BCUT2D eigenvalue weighted by atomic mass is 16.4. The Balaban J connectivity index is 2.69. The van der Waals surface area contributed by atoms with Gasteiger partial charge in [-0.1, -0.05) is 30.3 Å². The predicted octanol–water partition coefficient (Wildman–Crippen LogP) is 0.526. The van der Waals surface area contributed by atoms with Crippen LogP contribution in [0.1, 0.15) is 19.4 Å². The Morgan fingerprint density at radius 1 is 1.28 bits per heavy atom. The third kappa shape index (κ3) is 3.30. The molecule has 1 atom stereocenters. The fourth-order valence-electron chi connectivity index (χ4n) is 1.48. The lowest BCUT2D eigenvalue weighted by atomic mass is 9.84. The summed E-state index contributed by atoms with van der Waals surface area (Å²) < 4.78 is 0. The lowest BCUT2D eigenvalue weighted by Gasteiger charge is -2.24. The maximum atomic E-state index is 12.0. The van der Waals surface area contributed by atoms with Gasteiger partial charge in [0.2, 0.25) is 5.91 Å². The van der Waals surface area contributed by atoms with Gasteiger partial charge in [-0.2, -0.15) is 0 Å². The molecule has 0 fully saturated rings. The van der Waals surface area contributed by atoms with Crippen molar-refractivity contribution < 1.29 is 19.8 Å². The van der Waals surface area contributed by atoms with E-state index in [-0.39, 0.29) is 12.5 Å². The summed E-state index contributed by atoms with van der Waals surface area (Å²) in [6.07, 6.45) is -1.58. The van der Waals surface area contributed by atoms with Crippen molar-refractivity contribution in [2.24, 2.45) is 0 Å². The van der Waals surface area contributed by atoms with Gasteiger partial charge in [-0.05, 0) is 19.4 Å². The third-order valence-corrected chi connectivity index (χ3v) is 2.80. The van der Waals surface area contributed by atoms with E-state index < -0.39 is 17.5 Å². The minimum atomic E-state index is -1.58. The number of nitrogens with one attached hydrogen (secondary N) is 1. The predicted molar refractivity (Wildman–Crippen MR) is 66.1 cm³/mol. The molecule has 0 saturated carbocycles. The molecule has 1 aromatic carbocycles. The second-order valence-electron chi connectivity index (χ2n) is 4.56. The van der Waals surface area contributed by atoms with E-state index in [4.69, 9.17) is 10.2 Å². The highest BCUT2D eigenvalue weighted by molar-refractivity contribution is 5.87. The van der Waals surface area contributed by atoms with E-state index in [1.165, 1.54) is 0 Å². The van der Waals surface area contributed by atoms with Crippen molar-refractivity contribution in [3.63, 3.8) is 0 Å². The Morgan fingerprint density at radius 2 is 1.83 bits per heavy atom. The van der Waals surface area contributed by atoms with Crippen molar-refractivity contribution in [3.8, 4) is 0 Å². The number of amides is 1. The average molecular weight is 251 g/mol. The van der Waals surface area contributed by atoms with Gasteiger partial charge in [0.05, 0.1) is 12.0 Å². The molecular formula is C13H17NO4. The molecule has 5 heteroatoms. The van der Waals surface area contributed by atoms with Crippen molar-refractivity contribution in [2.75, 3.05) is 6.54 Å². The lowest BCUT2D eigenvalue weighted by molar-refractivity contribution is -0.146. The number of carbonyl (C=O) groups is 2. The number of carbonyl (C=O) groups excluding carboxylic acids is 1. The van der Waals surface area contributed by atoms with Crippen molar-refractivity contribution >= 4 is 11.9 Å². The van der Waals surface area contributed by atoms with Crippen LogP contribution >= 0.6 is 0 Å². The number of hydrogen-bond acceptors (Lipinski definition) is 3. The lowest BCUT2D eigenvalue weighted by Crippen LogP contribution is -2.44. The maximum Gasteiger partial charge on any atom is 0.334 e. The first-order valence-electron chi connectivity index (χ1n) is 5.60. The number of rotatable bonds is 5. The molecule has 0 radical (unpaired) electrons. The topological polar surface area (TPSA) is 86.6 Å². The first kappa shape index (κ1) is 14.2. The Bertz CT molecular complexity index is 428. The summed E-state index contributed by atoms with van der Waals surface area (Å²) in [7, 11) is 0. The van der Waals surface area contributed by atoms with Crippen molar-refractivity contribution in [1.29, 1.82) is 0 Å². The average Bonchev–Trinajstić information content (AvgIpc) is 2.36. The van der Waals surface area contributed by atoms with Crippen LogP contribution in [0.5, 0.6) is 0 Å². The molecule has 1 amide bonds. The number of carboxylic acid groups (broad SMARTS) is 1. The summed E-state index contributed by atoms with van der Waals surface area (Å²) in [5.74, 6) is -1.68. The standard InChI is InChI=1S/C13H17NO4/c1-13(2,9-6-4-3-5-7-9)12(18)14-8-10(15)11(16)17/h3-7,10,15H,8H2,1-2H3,(H,14,18)(H,16,17)/t10-/m0/s1. The van der Waals surface area contributed by atoms with Crippen LogP contribution in [0.15, 0.2) is 30.3 Å². The van der Waals surface area contributed by atoms with Gasteiger partial charge in [-0.25, -0.2) is 4.79 Å². The largest absolute Gasteiger partial charge is 0.479 e. The van der Waals surface area contributed by atoms with Crippen LogP contribution in [-0.2, 0) is 15.0 Å². The van der Waals surface area contributed by atoms with Gasteiger partial charge in [0.1, 0.15) is 0 Å². The molecule has 18 heavy (non-hydrogen) atoms. The zero-order valence-corrected chi connectivity index (χ0v) is 10.4. The zero-order chi connectivity index (χ0) is 13.8. The summed E-state index contributed by atoms with van der Waals surface area (Å²) in [5, 5.41) is 20.0. The maximum absolute atomic E-state index is 12.0. The molecule has 1 aromatic rings. The molecule has 0 aliphatic carbocycles. The highest BCUT2D eigenvalue weighted by Gasteiger charge is 2.30. The molecule has 0 aromatic heterocycles. The van der Waals surface area contributed by atoms with Crippen LogP contribution in [0.3, 0.4) is 0 Å². The van der Waals surface area contributed by atoms with Crippen LogP contribution in [0.4, 0.5) is 0 Å². The van der Waals surface area contributed by atoms with Gasteiger partial charge in [0, 0.05) is 0 Å². The second-order valence-corrected chi connectivity index (χ2v) is 4.56. The minimum Gasteiger partial charge on any atom is -0.479 e. The molecule has 0 heterocycles. The van der Waals surface area contributed by atoms with Gasteiger partial charge in [0.15, 0.2) is 6.10 Å². The van der Waals surface area contributed by atoms with Crippen LogP contribution < -0.4 is 5.32 Å². The Hall–Kier alpha value is -1.88. The Morgan fingerprint density at radius 3 is 2.33 bits per heavy atom. The molecule has 5 nitrogen and oxygen atoms in total. The summed E-state index contributed by atoms with van der Waals surface area (Å²) in [6.45, 7) is 3.18. The fraction of sp³-hybridized carbons (Fsp3) is 0.385. The first-order valence-corrected chi connectivity index (χ1v) is 5.60. The third-order valence-electron chi connectivity index (χ3n) is 2.80. The van der Waals surface area contributed by atoms with Crippen LogP contribution in [0.25, 0.3) is 0 Å². The number of aliphatic hydroxyl groups is 1. The van der Waals surface area contributed by atoms with Gasteiger partial charge in [0.25, 0.3) is 0 Å². The van der Waals surface area contributed by atoms with Crippen molar-refractivity contribution in [3.05, 3.63) is 35.9 Å². The molecule has 0 bridgehead atoms. The molecule has 0 aliphatic heterocycles. The summed E-state index contributed by atoms with van der Waals surface area (Å²) >= 11 is 0. The van der Waals surface area contributed by atoms with E-state index in [1.807, 2.05) is 30.3 Å². The Kier molecular flexibility index (Phi) is 4.44. The monoisotopic (exact) mass is 251 g/mol. The van der Waals surface area contributed by atoms with E-state index in [0.29, 0.717) is 0 Å². The molecule has 3 N–H and O–H groups in total. The molecule has 0 spiro atoms. The molecule has 0 unspecified atom stereocenters. The van der Waals surface area contributed by atoms with Gasteiger partial charge in [-0.3, -0.25) is 4.79 Å².